The van der Waals surface area contributed by atoms with Crippen molar-refractivity contribution >= 4 is 5.97 Å². The van der Waals surface area contributed by atoms with Crippen molar-refractivity contribution in [1.29, 1.82) is 0 Å². The molecule has 1 aliphatic heterocycles. The molecule has 0 radical (unpaired) electrons. The Morgan fingerprint density at radius 3 is 2.55 bits per heavy atom. The van der Waals surface area contributed by atoms with Gasteiger partial charge in [-0.25, -0.2) is 8.78 Å². The van der Waals surface area contributed by atoms with Crippen LogP contribution >= 0.6 is 0 Å². The highest BCUT2D eigenvalue weighted by Gasteiger charge is 2.34. The van der Waals surface area contributed by atoms with Crippen LogP contribution in [0, 0.1) is 11.6 Å². The van der Waals surface area contributed by atoms with Crippen molar-refractivity contribution in [3.05, 3.63) is 35.4 Å². The molecule has 0 saturated carbocycles. The van der Waals surface area contributed by atoms with E-state index in [1.54, 1.807) is 6.07 Å². The number of esters is 1. The van der Waals surface area contributed by atoms with Gasteiger partial charge in [-0.05, 0) is 58.2 Å². The maximum atomic E-state index is 13.5. The van der Waals surface area contributed by atoms with Crippen LogP contribution in [0.2, 0.25) is 0 Å². The summed E-state index contributed by atoms with van der Waals surface area (Å²) in [6, 6.07) is 4.06. The molecule has 2 rings (SSSR count). The van der Waals surface area contributed by atoms with Gasteiger partial charge in [0, 0.05) is 12.1 Å². The normalized spacial score (nSPS) is 22.8. The molecule has 122 valence electrons. The van der Waals surface area contributed by atoms with Gasteiger partial charge in [0.2, 0.25) is 0 Å². The van der Waals surface area contributed by atoms with Crippen LogP contribution in [-0.2, 0) is 9.53 Å². The quantitative estimate of drug-likeness (QED) is 0.795. The smallest absolute Gasteiger partial charge is 0.320 e. The molecule has 0 amide bonds. The van der Waals surface area contributed by atoms with Crippen molar-refractivity contribution in [3.8, 4) is 0 Å². The van der Waals surface area contributed by atoms with Crippen LogP contribution in [0.3, 0.4) is 0 Å². The first kappa shape index (κ1) is 16.9. The Balaban J connectivity index is 2.14. The summed E-state index contributed by atoms with van der Waals surface area (Å²) >= 11 is 0. The third-order valence-electron chi connectivity index (χ3n) is 3.88. The number of hydrogen-bond donors (Lipinski definition) is 0. The number of likely N-dealkylation sites (tertiary alicyclic amines) is 1. The van der Waals surface area contributed by atoms with Gasteiger partial charge in [-0.1, -0.05) is 6.07 Å². The van der Waals surface area contributed by atoms with Crippen LogP contribution in [0.25, 0.3) is 0 Å². The van der Waals surface area contributed by atoms with Gasteiger partial charge in [0.15, 0.2) is 11.6 Å². The van der Waals surface area contributed by atoms with Crippen LogP contribution in [-0.4, -0.2) is 29.1 Å². The summed E-state index contributed by atoms with van der Waals surface area (Å²) in [6.45, 7) is 7.66. The Hall–Kier alpha value is -1.49. The Labute approximate surface area is 130 Å². The first-order chi connectivity index (χ1) is 10.2. The zero-order chi connectivity index (χ0) is 16.5. The minimum Gasteiger partial charge on any atom is -0.459 e. The highest BCUT2D eigenvalue weighted by atomic mass is 19.2. The number of carbonyl (C=O) groups excluding carboxylic acids is 1. The van der Waals surface area contributed by atoms with Gasteiger partial charge in [-0.2, -0.15) is 0 Å². The molecule has 3 nitrogen and oxygen atoms in total. The molecule has 0 unspecified atom stereocenters. The molecule has 22 heavy (non-hydrogen) atoms. The van der Waals surface area contributed by atoms with Crippen LogP contribution in [0.4, 0.5) is 8.78 Å². The Morgan fingerprint density at radius 2 is 1.95 bits per heavy atom. The average molecular weight is 311 g/mol. The second-order valence-corrected chi connectivity index (χ2v) is 6.87. The molecule has 1 aromatic carbocycles. The van der Waals surface area contributed by atoms with E-state index in [0.29, 0.717) is 5.56 Å². The maximum Gasteiger partial charge on any atom is 0.320 e. The molecule has 2 atom stereocenters. The fourth-order valence-electron chi connectivity index (χ4n) is 2.90. The number of hydrogen-bond acceptors (Lipinski definition) is 3. The number of ether oxygens (including phenoxy) is 1. The lowest BCUT2D eigenvalue weighted by Gasteiger charge is -2.29. The van der Waals surface area contributed by atoms with Gasteiger partial charge in [0.25, 0.3) is 0 Å². The average Bonchev–Trinajstić information content (AvgIpc) is 2.72. The third kappa shape index (κ3) is 4.03. The SMILES string of the molecule is C[C@H]1CC[C@@H](c2ccc(F)c(F)c2)N1CC(=O)OC(C)(C)C. The van der Waals surface area contributed by atoms with E-state index in [2.05, 4.69) is 0 Å². The summed E-state index contributed by atoms with van der Waals surface area (Å²) in [7, 11) is 0. The van der Waals surface area contributed by atoms with E-state index in [-0.39, 0.29) is 24.6 Å². The van der Waals surface area contributed by atoms with Gasteiger partial charge in [-0.3, -0.25) is 9.69 Å². The predicted molar refractivity (Wildman–Crippen MR) is 80.3 cm³/mol. The molecule has 1 fully saturated rings. The lowest BCUT2D eigenvalue weighted by molar-refractivity contribution is -0.156. The Kier molecular flexibility index (Phi) is 4.85. The van der Waals surface area contributed by atoms with Gasteiger partial charge in [0.05, 0.1) is 6.54 Å². The van der Waals surface area contributed by atoms with Crippen molar-refractivity contribution in [3.63, 3.8) is 0 Å². The molecule has 1 aliphatic rings. The summed E-state index contributed by atoms with van der Waals surface area (Å²) in [5.41, 5.74) is 0.171. The van der Waals surface area contributed by atoms with Crippen molar-refractivity contribution < 1.29 is 18.3 Å². The number of rotatable bonds is 3. The Morgan fingerprint density at radius 1 is 1.27 bits per heavy atom. The molecule has 5 heteroatoms. The largest absolute Gasteiger partial charge is 0.459 e. The Bertz CT molecular complexity index is 554. The van der Waals surface area contributed by atoms with E-state index < -0.39 is 17.2 Å². The lowest BCUT2D eigenvalue weighted by Crippen LogP contribution is -2.38. The number of carbonyl (C=O) groups is 1. The third-order valence-corrected chi connectivity index (χ3v) is 3.88. The van der Waals surface area contributed by atoms with E-state index in [9.17, 15) is 13.6 Å². The summed E-state index contributed by atoms with van der Waals surface area (Å²) in [5, 5.41) is 0. The van der Waals surface area contributed by atoms with Crippen molar-refractivity contribution in [2.45, 2.75) is 58.2 Å². The van der Waals surface area contributed by atoms with Crippen LogP contribution < -0.4 is 0 Å². The zero-order valence-corrected chi connectivity index (χ0v) is 13.5. The molecule has 0 aliphatic carbocycles. The van der Waals surface area contributed by atoms with E-state index in [0.717, 1.165) is 18.9 Å². The second-order valence-electron chi connectivity index (χ2n) is 6.87. The first-order valence-corrected chi connectivity index (χ1v) is 7.60. The van der Waals surface area contributed by atoms with Crippen LogP contribution in [0.5, 0.6) is 0 Å². The second kappa shape index (κ2) is 6.32. The minimum absolute atomic E-state index is 0.0855. The molecular weight excluding hydrogens is 288 g/mol. The molecule has 0 bridgehead atoms. The molecule has 1 aromatic rings. The monoisotopic (exact) mass is 311 g/mol. The summed E-state index contributed by atoms with van der Waals surface area (Å²) in [5.74, 6) is -2.00. The number of nitrogens with zero attached hydrogens (tertiary/aromatic N) is 1. The van der Waals surface area contributed by atoms with Gasteiger partial charge in [-0.15, -0.1) is 0 Å². The molecule has 1 heterocycles. The minimum atomic E-state index is -0.853. The van der Waals surface area contributed by atoms with Crippen LogP contribution in [0.1, 0.15) is 52.1 Å². The highest BCUT2D eigenvalue weighted by Crippen LogP contribution is 2.36. The maximum absolute atomic E-state index is 13.5. The van der Waals surface area contributed by atoms with Crippen molar-refractivity contribution in [1.82, 2.24) is 4.90 Å². The molecule has 1 saturated heterocycles. The standard InChI is InChI=1S/C17H23F2NO2/c1-11-5-8-15(12-6-7-13(18)14(19)9-12)20(11)10-16(21)22-17(2,3)4/h6-7,9,11,15H,5,8,10H2,1-4H3/t11-,15-/m0/s1. The fraction of sp³-hybridized carbons (Fsp3) is 0.588. The van der Waals surface area contributed by atoms with E-state index in [4.69, 9.17) is 4.74 Å². The predicted octanol–water partition coefficient (Wildman–Crippen LogP) is 3.83. The van der Waals surface area contributed by atoms with Crippen molar-refractivity contribution in [2.24, 2.45) is 0 Å². The topological polar surface area (TPSA) is 29.5 Å². The van der Waals surface area contributed by atoms with E-state index >= 15 is 0 Å². The first-order valence-electron chi connectivity index (χ1n) is 7.60. The van der Waals surface area contributed by atoms with Gasteiger partial charge < -0.3 is 4.74 Å². The summed E-state index contributed by atoms with van der Waals surface area (Å²) in [6.07, 6.45) is 1.72. The van der Waals surface area contributed by atoms with Crippen LogP contribution in [0.15, 0.2) is 18.2 Å². The summed E-state index contributed by atoms with van der Waals surface area (Å²) < 4.78 is 31.9. The molecular formula is C17H23F2NO2. The zero-order valence-electron chi connectivity index (χ0n) is 13.5. The molecule has 0 N–H and O–H groups in total. The lowest BCUT2D eigenvalue weighted by atomic mass is 10.0. The number of benzene rings is 1. The number of halogens is 2. The summed E-state index contributed by atoms with van der Waals surface area (Å²) in [4.78, 5) is 14.1. The molecule has 0 aromatic heterocycles. The van der Waals surface area contributed by atoms with E-state index in [1.807, 2.05) is 32.6 Å². The fourth-order valence-corrected chi connectivity index (χ4v) is 2.90. The molecule has 0 spiro atoms. The van der Waals surface area contributed by atoms with Gasteiger partial charge in [0.1, 0.15) is 5.60 Å². The van der Waals surface area contributed by atoms with Crippen molar-refractivity contribution in [2.75, 3.05) is 6.54 Å². The van der Waals surface area contributed by atoms with Gasteiger partial charge >= 0.3 is 5.97 Å². The van der Waals surface area contributed by atoms with E-state index in [1.165, 1.54) is 6.07 Å². The highest BCUT2D eigenvalue weighted by molar-refractivity contribution is 5.72.